The molecular weight excluding hydrogens is 168 g/mol. The lowest BCUT2D eigenvalue weighted by molar-refractivity contribution is -0.122. The first-order valence-electron chi connectivity index (χ1n) is 3.34. The van der Waals surface area contributed by atoms with E-state index in [0.29, 0.717) is 5.75 Å². The van der Waals surface area contributed by atoms with Gasteiger partial charge in [0.25, 0.3) is 6.47 Å². The molecule has 0 spiro atoms. The Bertz CT molecular complexity index is 207. The zero-order valence-corrected chi connectivity index (χ0v) is 7.17. The molecule has 0 aromatic rings. The zero-order chi connectivity index (χ0) is 8.91. The highest BCUT2D eigenvalue weighted by Gasteiger charge is 2.26. The van der Waals surface area contributed by atoms with Gasteiger partial charge in [-0.2, -0.15) is 0 Å². The van der Waals surface area contributed by atoms with Gasteiger partial charge in [-0.1, -0.05) is 0 Å². The minimum absolute atomic E-state index is 0.0671. The van der Waals surface area contributed by atoms with Gasteiger partial charge in [0.1, 0.15) is 0 Å². The predicted molar refractivity (Wildman–Crippen MR) is 41.2 cm³/mol. The molecule has 0 aromatic heterocycles. The van der Waals surface area contributed by atoms with Crippen LogP contribution in [-0.4, -0.2) is 31.0 Å². The topological polar surface area (TPSA) is 71.4 Å². The van der Waals surface area contributed by atoms with E-state index in [1.165, 1.54) is 0 Å². The maximum atomic E-state index is 10.8. The van der Waals surface area contributed by atoms with Crippen LogP contribution in [0.1, 0.15) is 19.8 Å². The predicted octanol–water partition coefficient (Wildman–Crippen LogP) is 0.284. The summed E-state index contributed by atoms with van der Waals surface area (Å²) < 4.78 is 21.5. The lowest BCUT2D eigenvalue weighted by atomic mass is 10.3. The Hall–Kier alpha value is -0.580. The number of rotatable bonds is 0. The van der Waals surface area contributed by atoms with Crippen LogP contribution in [0.25, 0.3) is 0 Å². The molecule has 11 heavy (non-hydrogen) atoms. The molecule has 66 valence electrons. The summed E-state index contributed by atoms with van der Waals surface area (Å²) in [6, 6.07) is 0. The Labute approximate surface area is 66.1 Å². The van der Waals surface area contributed by atoms with Gasteiger partial charge in [0, 0.05) is 0 Å². The van der Waals surface area contributed by atoms with E-state index in [4.69, 9.17) is 9.90 Å². The van der Waals surface area contributed by atoms with Crippen molar-refractivity contribution >= 4 is 16.3 Å². The van der Waals surface area contributed by atoms with E-state index in [1.807, 2.05) is 0 Å². The normalized spacial score (nSPS) is 26.8. The van der Waals surface area contributed by atoms with Crippen LogP contribution in [0.3, 0.4) is 0 Å². The number of carboxylic acid groups (broad SMARTS) is 1. The van der Waals surface area contributed by atoms with Crippen LogP contribution in [-0.2, 0) is 14.6 Å². The molecule has 0 amide bonds. The first kappa shape index (κ1) is 10.4. The third-order valence-electron chi connectivity index (χ3n) is 1.65. The number of sulfone groups is 1. The van der Waals surface area contributed by atoms with E-state index in [2.05, 4.69) is 0 Å². The monoisotopic (exact) mass is 180 g/mol. The molecule has 5 heteroatoms. The molecule has 0 aromatic carbocycles. The minimum atomic E-state index is -2.62. The maximum Gasteiger partial charge on any atom is 0.290 e. The molecule has 1 aliphatic rings. The first-order chi connectivity index (χ1) is 5.04. The summed E-state index contributed by atoms with van der Waals surface area (Å²) in [5.74, 6) is 0.411. The molecule has 0 saturated carbocycles. The van der Waals surface area contributed by atoms with Crippen LogP contribution < -0.4 is 0 Å². The molecule has 1 saturated heterocycles. The molecule has 1 N–H and O–H groups in total. The lowest BCUT2D eigenvalue weighted by Gasteiger charge is -1.96. The average Bonchev–Trinajstić information content (AvgIpc) is 2.14. The molecule has 4 nitrogen and oxygen atoms in total. The van der Waals surface area contributed by atoms with Gasteiger partial charge in [0.2, 0.25) is 0 Å². The zero-order valence-electron chi connectivity index (χ0n) is 6.36. The van der Waals surface area contributed by atoms with Crippen LogP contribution in [0.4, 0.5) is 0 Å². The van der Waals surface area contributed by atoms with Gasteiger partial charge >= 0.3 is 0 Å². The second kappa shape index (κ2) is 4.33. The third kappa shape index (κ3) is 3.36. The molecule has 1 heterocycles. The summed E-state index contributed by atoms with van der Waals surface area (Å²) in [5, 5.41) is 6.82. The first-order valence-corrected chi connectivity index (χ1v) is 5.05. The molecule has 1 aliphatic heterocycles. The fourth-order valence-electron chi connectivity index (χ4n) is 0.953. The number of hydrogen-bond acceptors (Lipinski definition) is 3. The molecule has 1 rings (SSSR count). The Kier molecular flexibility index (Phi) is 4.10. The smallest absolute Gasteiger partial charge is 0.290 e. The van der Waals surface area contributed by atoms with E-state index in [1.54, 1.807) is 6.92 Å². The van der Waals surface area contributed by atoms with Gasteiger partial charge in [-0.25, -0.2) is 8.42 Å². The minimum Gasteiger partial charge on any atom is -0.483 e. The lowest BCUT2D eigenvalue weighted by Crippen LogP contribution is -2.10. The van der Waals surface area contributed by atoms with Crippen molar-refractivity contribution in [2.24, 2.45) is 0 Å². The highest BCUT2D eigenvalue weighted by molar-refractivity contribution is 7.92. The van der Waals surface area contributed by atoms with Crippen LogP contribution in [0.2, 0.25) is 0 Å². The van der Waals surface area contributed by atoms with Gasteiger partial charge in [-0.05, 0) is 19.8 Å². The van der Waals surface area contributed by atoms with Gasteiger partial charge < -0.3 is 5.11 Å². The van der Waals surface area contributed by atoms with E-state index >= 15 is 0 Å². The Morgan fingerprint density at radius 2 is 2.00 bits per heavy atom. The third-order valence-corrected chi connectivity index (χ3v) is 3.97. The molecule has 0 bridgehead atoms. The summed E-state index contributed by atoms with van der Waals surface area (Å²) in [4.78, 5) is 8.36. The van der Waals surface area contributed by atoms with Gasteiger partial charge in [-0.15, -0.1) is 0 Å². The van der Waals surface area contributed by atoms with Crippen LogP contribution in [0.15, 0.2) is 0 Å². The van der Waals surface area contributed by atoms with Crippen molar-refractivity contribution in [2.75, 3.05) is 5.75 Å². The number of hydrogen-bond donors (Lipinski definition) is 1. The van der Waals surface area contributed by atoms with Crippen molar-refractivity contribution in [2.45, 2.75) is 25.0 Å². The molecule has 1 fully saturated rings. The second-order valence-electron chi connectivity index (χ2n) is 2.43. The van der Waals surface area contributed by atoms with E-state index in [0.717, 1.165) is 12.8 Å². The molecular formula is C6H12O4S. The van der Waals surface area contributed by atoms with Crippen LogP contribution in [0.5, 0.6) is 0 Å². The van der Waals surface area contributed by atoms with E-state index in [9.17, 15) is 8.42 Å². The van der Waals surface area contributed by atoms with E-state index < -0.39 is 9.84 Å². The molecule has 0 radical (unpaired) electrons. The van der Waals surface area contributed by atoms with Gasteiger partial charge in [0.05, 0.1) is 11.0 Å². The highest BCUT2D eigenvalue weighted by Crippen LogP contribution is 2.18. The number of carbonyl (C=O) groups is 1. The highest BCUT2D eigenvalue weighted by atomic mass is 32.2. The van der Waals surface area contributed by atoms with Crippen LogP contribution >= 0.6 is 0 Å². The molecule has 1 unspecified atom stereocenters. The molecule has 1 atom stereocenters. The molecule has 0 aliphatic carbocycles. The van der Waals surface area contributed by atoms with Crippen molar-refractivity contribution < 1.29 is 18.3 Å². The van der Waals surface area contributed by atoms with Gasteiger partial charge in [0.15, 0.2) is 9.84 Å². The fourth-order valence-corrected chi connectivity index (χ4v) is 2.45. The summed E-state index contributed by atoms with van der Waals surface area (Å²) in [5.41, 5.74) is 0. The summed E-state index contributed by atoms with van der Waals surface area (Å²) in [6.07, 6.45) is 1.73. The second-order valence-corrected chi connectivity index (χ2v) is 4.96. The van der Waals surface area contributed by atoms with Crippen molar-refractivity contribution in [3.8, 4) is 0 Å². The Balaban J connectivity index is 0.000000292. The van der Waals surface area contributed by atoms with Crippen molar-refractivity contribution in [3.63, 3.8) is 0 Å². The van der Waals surface area contributed by atoms with Crippen LogP contribution in [0, 0.1) is 0 Å². The summed E-state index contributed by atoms with van der Waals surface area (Å²) >= 11 is 0. The fraction of sp³-hybridized carbons (Fsp3) is 0.833. The Morgan fingerprint density at radius 3 is 2.09 bits per heavy atom. The SMILES string of the molecule is CC1CCCS1(=O)=O.O=CO. The van der Waals surface area contributed by atoms with Crippen molar-refractivity contribution in [1.82, 2.24) is 0 Å². The van der Waals surface area contributed by atoms with E-state index in [-0.39, 0.29) is 11.7 Å². The van der Waals surface area contributed by atoms with Crippen molar-refractivity contribution in [3.05, 3.63) is 0 Å². The maximum absolute atomic E-state index is 10.8. The standard InChI is InChI=1S/C5H10O2S.CH2O2/c1-5-3-2-4-8(5,6)7;2-1-3/h5H,2-4H2,1H3;1H,(H,2,3). The van der Waals surface area contributed by atoms with Gasteiger partial charge in [-0.3, -0.25) is 4.79 Å². The summed E-state index contributed by atoms with van der Waals surface area (Å²) in [6.45, 7) is 1.53. The largest absolute Gasteiger partial charge is 0.483 e. The Morgan fingerprint density at radius 1 is 1.55 bits per heavy atom. The summed E-state index contributed by atoms with van der Waals surface area (Å²) in [7, 11) is -2.62. The average molecular weight is 180 g/mol. The quantitative estimate of drug-likeness (QED) is 0.544. The van der Waals surface area contributed by atoms with Crippen molar-refractivity contribution in [1.29, 1.82) is 0 Å².